The Morgan fingerprint density at radius 3 is 0.907 bits per heavy atom. The number of hydrogen-bond donors (Lipinski definition) is 0. The summed E-state index contributed by atoms with van der Waals surface area (Å²) in [5.41, 5.74) is 13.6. The van der Waals surface area contributed by atoms with Crippen molar-refractivity contribution in [2.24, 2.45) is 21.1 Å². The van der Waals surface area contributed by atoms with Crippen molar-refractivity contribution in [2.75, 3.05) is 0 Å². The molecule has 43 heavy (non-hydrogen) atoms. The van der Waals surface area contributed by atoms with Crippen molar-refractivity contribution < 1.29 is 20.1 Å². The van der Waals surface area contributed by atoms with Crippen molar-refractivity contribution in [3.8, 4) is 33.8 Å². The fourth-order valence-electron chi connectivity index (χ4n) is 4.72. The molecule has 6 rings (SSSR count). The Hall–Kier alpha value is -4.06. The summed E-state index contributed by atoms with van der Waals surface area (Å²) >= 11 is 0. The zero-order valence-corrected chi connectivity index (χ0v) is 28.8. The van der Waals surface area contributed by atoms with E-state index in [1.807, 2.05) is 90.6 Å². The molecule has 0 N–H and O–H groups in total. The maximum absolute atomic E-state index is 4.31. The third kappa shape index (κ3) is 8.96. The summed E-state index contributed by atoms with van der Waals surface area (Å²) < 4.78 is 5.84. The first-order valence-electron chi connectivity index (χ1n) is 13.9. The van der Waals surface area contributed by atoms with Crippen molar-refractivity contribution >= 4 is 0 Å². The predicted molar refractivity (Wildman–Crippen MR) is 171 cm³/mol. The molecule has 0 aliphatic heterocycles. The van der Waals surface area contributed by atoms with Crippen molar-refractivity contribution in [1.29, 1.82) is 0 Å². The molecule has 0 unspecified atom stereocenters. The van der Waals surface area contributed by atoms with Gasteiger partial charge >= 0.3 is 20.1 Å². The van der Waals surface area contributed by atoms with Crippen LogP contribution in [-0.4, -0.2) is 28.7 Å². The van der Waals surface area contributed by atoms with Crippen LogP contribution >= 0.6 is 0 Å². The topological polar surface area (TPSA) is 53.5 Å². The number of aromatic nitrogens is 6. The first-order valence-corrected chi connectivity index (χ1v) is 13.9. The first kappa shape index (κ1) is 33.4. The number of aryl methyl sites for hydroxylation is 9. The second-order valence-electron chi connectivity index (χ2n) is 11.0. The van der Waals surface area contributed by atoms with Gasteiger partial charge in [-0.3, -0.25) is 15.0 Å². The van der Waals surface area contributed by atoms with Crippen LogP contribution in [0.1, 0.15) is 33.4 Å². The number of imidazole rings is 3. The van der Waals surface area contributed by atoms with Crippen LogP contribution in [0, 0.1) is 59.7 Å². The van der Waals surface area contributed by atoms with Gasteiger partial charge in [-0.15, -0.1) is 105 Å². The summed E-state index contributed by atoms with van der Waals surface area (Å²) in [6, 6.07) is 22.2. The minimum absolute atomic E-state index is 0. The second kappa shape index (κ2) is 14.9. The van der Waals surface area contributed by atoms with Gasteiger partial charge in [0.2, 0.25) is 0 Å². The van der Waals surface area contributed by atoms with Gasteiger partial charge in [0.15, 0.2) is 0 Å². The van der Waals surface area contributed by atoms with Crippen molar-refractivity contribution in [3.63, 3.8) is 0 Å². The molecule has 3 heterocycles. The SMILES string of the molecule is Cc1c[c-]c(-c2cn(C)cn2)c(C)c1.Cc1c[c-]c(-c2cn(C)cn2)c(C)c1.Cc1c[c-]c(-c2cn(C)cn2)c(C)c1.[Ir+3]. The van der Waals surface area contributed by atoms with E-state index in [0.717, 1.165) is 33.8 Å². The van der Waals surface area contributed by atoms with E-state index in [0.29, 0.717) is 0 Å². The van der Waals surface area contributed by atoms with Gasteiger partial charge in [-0.25, -0.2) is 0 Å². The zero-order valence-electron chi connectivity index (χ0n) is 26.4. The largest absolute Gasteiger partial charge is 3.00 e. The molecule has 7 heteroatoms. The molecule has 0 fully saturated rings. The van der Waals surface area contributed by atoms with E-state index < -0.39 is 0 Å². The Morgan fingerprint density at radius 2 is 0.721 bits per heavy atom. The maximum atomic E-state index is 4.31. The van der Waals surface area contributed by atoms with Crippen molar-refractivity contribution in [2.45, 2.75) is 41.5 Å². The van der Waals surface area contributed by atoms with Crippen LogP contribution in [0.3, 0.4) is 0 Å². The Kier molecular flexibility index (Phi) is 11.6. The summed E-state index contributed by atoms with van der Waals surface area (Å²) in [5, 5.41) is 0. The van der Waals surface area contributed by atoms with Gasteiger partial charge in [0.1, 0.15) is 0 Å². The smallest absolute Gasteiger partial charge is 0.350 e. The summed E-state index contributed by atoms with van der Waals surface area (Å²) in [5.74, 6) is 0. The van der Waals surface area contributed by atoms with Crippen LogP contribution in [0.2, 0.25) is 0 Å². The Balaban J connectivity index is 0.000000175. The minimum atomic E-state index is 0. The molecule has 0 spiro atoms. The maximum Gasteiger partial charge on any atom is 3.00 e. The molecule has 0 aliphatic rings. The summed E-state index contributed by atoms with van der Waals surface area (Å²) in [6.07, 6.45) is 11.4. The molecule has 6 nitrogen and oxygen atoms in total. The van der Waals surface area contributed by atoms with Crippen LogP contribution < -0.4 is 0 Å². The zero-order chi connectivity index (χ0) is 30.4. The number of benzene rings is 3. The first-order chi connectivity index (χ1) is 20.0. The van der Waals surface area contributed by atoms with E-state index in [-0.39, 0.29) is 20.1 Å². The molecule has 0 atom stereocenters. The average molecular weight is 748 g/mol. The van der Waals surface area contributed by atoms with Gasteiger partial charge in [0, 0.05) is 38.2 Å². The molecule has 6 aromatic rings. The van der Waals surface area contributed by atoms with Crippen LogP contribution in [0.4, 0.5) is 0 Å². The molecule has 0 saturated carbocycles. The van der Waals surface area contributed by atoms with Gasteiger partial charge in [0.05, 0.1) is 19.0 Å². The molecule has 0 aliphatic carbocycles. The van der Waals surface area contributed by atoms with Gasteiger partial charge in [-0.2, -0.15) is 0 Å². The standard InChI is InChI=1S/3C12H13N2.Ir/c3*1-9-4-5-11(10(2)6-9)12-7-14(3)8-13-12;/h3*4,6-8H,1-3H3;/q3*-1;+3. The Bertz CT molecular complexity index is 1580. The molecular formula is C36H39IrN6. The van der Waals surface area contributed by atoms with Crippen LogP contribution in [0.25, 0.3) is 33.8 Å². The molecular weight excluding hydrogens is 709 g/mol. The summed E-state index contributed by atoms with van der Waals surface area (Å²) in [7, 11) is 5.92. The van der Waals surface area contributed by atoms with Gasteiger partial charge in [-0.1, -0.05) is 41.5 Å². The van der Waals surface area contributed by atoms with Crippen molar-refractivity contribution in [1.82, 2.24) is 28.7 Å². The van der Waals surface area contributed by atoms with E-state index in [1.165, 1.54) is 33.4 Å². The van der Waals surface area contributed by atoms with Crippen LogP contribution in [-0.2, 0) is 41.2 Å². The minimum Gasteiger partial charge on any atom is -0.350 e. The van der Waals surface area contributed by atoms with E-state index in [4.69, 9.17) is 0 Å². The molecule has 0 bridgehead atoms. The molecule has 222 valence electrons. The normalized spacial score (nSPS) is 10.3. The fraction of sp³-hybridized carbons (Fsp3) is 0.250. The van der Waals surface area contributed by atoms with Gasteiger partial charge in [0.25, 0.3) is 0 Å². The Labute approximate surface area is 269 Å². The summed E-state index contributed by atoms with van der Waals surface area (Å²) in [4.78, 5) is 12.9. The molecule has 3 aromatic heterocycles. The monoisotopic (exact) mass is 748 g/mol. The molecule has 3 aromatic carbocycles. The molecule has 0 saturated heterocycles. The fourth-order valence-corrected chi connectivity index (χ4v) is 4.72. The third-order valence-electron chi connectivity index (χ3n) is 6.73. The molecule has 0 amide bonds. The van der Waals surface area contributed by atoms with Gasteiger partial charge in [-0.05, 0) is 18.6 Å². The quantitative estimate of drug-likeness (QED) is 0.176. The van der Waals surface area contributed by atoms with E-state index >= 15 is 0 Å². The number of hydrogen-bond acceptors (Lipinski definition) is 3. The average Bonchev–Trinajstić information content (AvgIpc) is 3.66. The molecule has 0 radical (unpaired) electrons. The van der Waals surface area contributed by atoms with Gasteiger partial charge < -0.3 is 13.7 Å². The van der Waals surface area contributed by atoms with Crippen LogP contribution in [0.15, 0.2) is 74.0 Å². The Morgan fingerprint density at radius 1 is 0.465 bits per heavy atom. The van der Waals surface area contributed by atoms with Crippen molar-refractivity contribution in [3.05, 3.63) is 126 Å². The number of nitrogens with zero attached hydrogens (tertiary/aromatic N) is 6. The van der Waals surface area contributed by atoms with Crippen LogP contribution in [0.5, 0.6) is 0 Å². The van der Waals surface area contributed by atoms with E-state index in [1.54, 1.807) is 0 Å². The number of rotatable bonds is 3. The predicted octanol–water partition coefficient (Wildman–Crippen LogP) is 7.51. The second-order valence-corrected chi connectivity index (χ2v) is 11.0. The van der Waals surface area contributed by atoms with E-state index in [2.05, 4.69) is 92.9 Å². The third-order valence-corrected chi connectivity index (χ3v) is 6.73. The van der Waals surface area contributed by atoms with E-state index in [9.17, 15) is 0 Å². The summed E-state index contributed by atoms with van der Waals surface area (Å²) in [6.45, 7) is 12.5.